The molecule has 0 bridgehead atoms. The Morgan fingerprint density at radius 3 is 3.10 bits per heavy atom. The molecule has 7 heteroatoms. The number of aromatic nitrogens is 2. The lowest BCUT2D eigenvalue weighted by atomic mass is 10.2. The van der Waals surface area contributed by atoms with Gasteiger partial charge >= 0.3 is 0 Å². The summed E-state index contributed by atoms with van der Waals surface area (Å²) in [4.78, 5) is 10.2. The summed E-state index contributed by atoms with van der Waals surface area (Å²) >= 11 is 1.53. The zero-order valence-corrected chi connectivity index (χ0v) is 11.6. The summed E-state index contributed by atoms with van der Waals surface area (Å²) < 4.78 is 18.0. The van der Waals surface area contributed by atoms with E-state index in [4.69, 9.17) is 9.36 Å². The van der Waals surface area contributed by atoms with E-state index < -0.39 is 0 Å². The van der Waals surface area contributed by atoms with Crippen molar-refractivity contribution >= 4 is 17.6 Å². The Labute approximate surface area is 123 Å². The van der Waals surface area contributed by atoms with Crippen LogP contribution in [0.25, 0.3) is 10.7 Å². The van der Waals surface area contributed by atoms with Crippen LogP contribution in [0.2, 0.25) is 0 Å². The van der Waals surface area contributed by atoms with Gasteiger partial charge in [-0.1, -0.05) is 28.5 Å². The molecule has 106 valence electrons. The molecule has 0 spiro atoms. The zero-order valence-electron chi connectivity index (χ0n) is 10.8. The minimum absolute atomic E-state index is 0.0597. The molecule has 0 aliphatic rings. The van der Waals surface area contributed by atoms with Crippen molar-refractivity contribution in [3.05, 3.63) is 59.0 Å². The maximum Gasteiger partial charge on any atom is 0.267 e. The van der Waals surface area contributed by atoms with E-state index >= 15 is 0 Å². The van der Waals surface area contributed by atoms with Crippen molar-refractivity contribution in [3.63, 3.8) is 0 Å². The van der Waals surface area contributed by atoms with Crippen LogP contribution in [0, 0.1) is 5.82 Å². The first-order valence-corrected chi connectivity index (χ1v) is 6.96. The molecule has 0 aliphatic heterocycles. The van der Waals surface area contributed by atoms with Gasteiger partial charge in [-0.25, -0.2) is 4.39 Å². The third-order valence-electron chi connectivity index (χ3n) is 2.52. The molecule has 0 radical (unpaired) electrons. The van der Waals surface area contributed by atoms with Gasteiger partial charge in [0, 0.05) is 0 Å². The molecule has 3 rings (SSSR count). The average molecular weight is 303 g/mol. The van der Waals surface area contributed by atoms with E-state index in [2.05, 4.69) is 15.3 Å². The molecule has 5 nitrogen and oxygen atoms in total. The van der Waals surface area contributed by atoms with Crippen molar-refractivity contribution in [3.8, 4) is 10.7 Å². The lowest BCUT2D eigenvalue weighted by molar-refractivity contribution is 0.107. The monoisotopic (exact) mass is 303 g/mol. The first kappa shape index (κ1) is 13.4. The number of halogens is 1. The molecule has 0 fully saturated rings. The number of oxime groups is 1. The average Bonchev–Trinajstić information content (AvgIpc) is 3.14. The highest BCUT2D eigenvalue weighted by Gasteiger charge is 2.09. The van der Waals surface area contributed by atoms with Crippen LogP contribution in [0.3, 0.4) is 0 Å². The number of hydrogen-bond donors (Lipinski definition) is 0. The second-order valence-corrected chi connectivity index (χ2v) is 5.00. The minimum atomic E-state index is -0.323. The Hall–Kier alpha value is -2.54. The minimum Gasteiger partial charge on any atom is -0.386 e. The smallest absolute Gasteiger partial charge is 0.267 e. The summed E-state index contributed by atoms with van der Waals surface area (Å²) in [5, 5.41) is 9.52. The second-order valence-electron chi connectivity index (χ2n) is 4.05. The Bertz CT molecular complexity index is 740. The maximum absolute atomic E-state index is 12.9. The summed E-state index contributed by atoms with van der Waals surface area (Å²) in [7, 11) is 0. The summed E-state index contributed by atoms with van der Waals surface area (Å²) in [5.74, 6) is 0.531. The van der Waals surface area contributed by atoms with Crippen LogP contribution in [0.4, 0.5) is 4.39 Å². The predicted molar refractivity (Wildman–Crippen MR) is 76.4 cm³/mol. The van der Waals surface area contributed by atoms with Crippen LogP contribution in [0.1, 0.15) is 11.5 Å². The Morgan fingerprint density at radius 2 is 2.29 bits per heavy atom. The molecule has 21 heavy (non-hydrogen) atoms. The van der Waals surface area contributed by atoms with Crippen molar-refractivity contribution in [1.29, 1.82) is 0 Å². The lowest BCUT2D eigenvalue weighted by Crippen LogP contribution is -1.89. The molecular formula is C14H10FN3O2S. The molecule has 0 N–H and O–H groups in total. The van der Waals surface area contributed by atoms with Crippen molar-refractivity contribution in [2.75, 3.05) is 0 Å². The second kappa shape index (κ2) is 6.27. The highest BCUT2D eigenvalue weighted by atomic mass is 32.1. The Kier molecular flexibility index (Phi) is 4.02. The zero-order chi connectivity index (χ0) is 14.5. The Balaban J connectivity index is 1.56. The van der Waals surface area contributed by atoms with Gasteiger partial charge in [-0.15, -0.1) is 11.3 Å². The molecule has 0 aliphatic carbocycles. The van der Waals surface area contributed by atoms with Crippen LogP contribution >= 0.6 is 11.3 Å². The number of benzene rings is 1. The van der Waals surface area contributed by atoms with Gasteiger partial charge in [0.25, 0.3) is 5.89 Å². The molecule has 2 heterocycles. The number of hydrogen-bond acceptors (Lipinski definition) is 6. The van der Waals surface area contributed by atoms with Crippen molar-refractivity contribution in [1.82, 2.24) is 10.1 Å². The molecule has 2 aromatic heterocycles. The van der Waals surface area contributed by atoms with Gasteiger partial charge in [-0.05, 0) is 29.1 Å². The van der Waals surface area contributed by atoms with Gasteiger partial charge in [-0.3, -0.25) is 0 Å². The van der Waals surface area contributed by atoms with Crippen molar-refractivity contribution in [2.24, 2.45) is 5.16 Å². The van der Waals surface area contributed by atoms with Gasteiger partial charge < -0.3 is 9.36 Å². The van der Waals surface area contributed by atoms with E-state index in [1.54, 1.807) is 12.1 Å². The van der Waals surface area contributed by atoms with Gasteiger partial charge in [0.1, 0.15) is 5.82 Å². The molecular weight excluding hydrogens is 293 g/mol. The van der Waals surface area contributed by atoms with E-state index in [9.17, 15) is 4.39 Å². The molecule has 3 aromatic rings. The summed E-state index contributed by atoms with van der Waals surface area (Å²) in [6, 6.07) is 9.86. The first-order valence-electron chi connectivity index (χ1n) is 6.08. The number of nitrogens with zero attached hydrogens (tertiary/aromatic N) is 3. The topological polar surface area (TPSA) is 60.5 Å². The lowest BCUT2D eigenvalue weighted by Gasteiger charge is -1.94. The van der Waals surface area contributed by atoms with E-state index in [0.29, 0.717) is 17.3 Å². The van der Waals surface area contributed by atoms with Crippen LogP contribution < -0.4 is 0 Å². The molecule has 0 atom stereocenters. The van der Waals surface area contributed by atoms with Crippen LogP contribution in [0.15, 0.2) is 51.5 Å². The summed E-state index contributed by atoms with van der Waals surface area (Å²) in [6.07, 6.45) is 1.42. The molecule has 0 saturated heterocycles. The third kappa shape index (κ3) is 3.51. The summed E-state index contributed by atoms with van der Waals surface area (Å²) in [6.45, 7) is 0.0597. The van der Waals surface area contributed by atoms with E-state index in [1.165, 1.54) is 29.7 Å². The Morgan fingerprint density at radius 1 is 1.33 bits per heavy atom. The third-order valence-corrected chi connectivity index (χ3v) is 3.39. The quantitative estimate of drug-likeness (QED) is 0.535. The fraction of sp³-hybridized carbons (Fsp3) is 0.0714. The predicted octanol–water partition coefficient (Wildman–Crippen LogP) is 3.49. The van der Waals surface area contributed by atoms with Crippen molar-refractivity contribution < 1.29 is 13.8 Å². The number of rotatable bonds is 5. The molecule has 0 unspecified atom stereocenters. The first-order chi connectivity index (χ1) is 10.3. The summed E-state index contributed by atoms with van der Waals surface area (Å²) in [5.41, 5.74) is 0.611. The van der Waals surface area contributed by atoms with Gasteiger partial charge in [0.15, 0.2) is 6.61 Å². The van der Waals surface area contributed by atoms with E-state index in [0.717, 1.165) is 4.88 Å². The number of thiophene rings is 1. The highest BCUT2D eigenvalue weighted by Crippen LogP contribution is 2.21. The van der Waals surface area contributed by atoms with E-state index in [1.807, 2.05) is 17.5 Å². The molecule has 0 amide bonds. The van der Waals surface area contributed by atoms with Gasteiger partial charge in [0.2, 0.25) is 5.82 Å². The fourth-order valence-electron chi connectivity index (χ4n) is 1.60. The molecule has 1 aromatic carbocycles. The SMILES string of the molecule is Fc1cccc(/C=N\OCc2nc(-c3cccs3)no2)c1. The van der Waals surface area contributed by atoms with Gasteiger partial charge in [0.05, 0.1) is 11.1 Å². The largest absolute Gasteiger partial charge is 0.386 e. The van der Waals surface area contributed by atoms with Crippen LogP contribution in [-0.4, -0.2) is 16.4 Å². The highest BCUT2D eigenvalue weighted by molar-refractivity contribution is 7.13. The maximum atomic E-state index is 12.9. The van der Waals surface area contributed by atoms with Crippen LogP contribution in [-0.2, 0) is 11.4 Å². The fourth-order valence-corrected chi connectivity index (χ4v) is 2.25. The van der Waals surface area contributed by atoms with Gasteiger partial charge in [-0.2, -0.15) is 4.98 Å². The van der Waals surface area contributed by atoms with E-state index in [-0.39, 0.29) is 12.4 Å². The van der Waals surface area contributed by atoms with Crippen LogP contribution in [0.5, 0.6) is 0 Å². The molecule has 0 saturated carbocycles. The normalized spacial score (nSPS) is 11.1. The standard InChI is InChI=1S/C14H10FN3O2S/c15-11-4-1-3-10(7-11)8-16-19-9-13-17-14(18-20-13)12-5-2-6-21-12/h1-8H,9H2/b16-8-. The van der Waals surface area contributed by atoms with Crippen molar-refractivity contribution in [2.45, 2.75) is 6.61 Å².